The molecule has 2 aliphatic carbocycles. The van der Waals surface area contributed by atoms with Crippen molar-refractivity contribution in [2.75, 3.05) is 7.11 Å². The number of methoxy groups -OCH3 is 1. The van der Waals surface area contributed by atoms with E-state index in [1.165, 1.54) is 19.3 Å². The summed E-state index contributed by atoms with van der Waals surface area (Å²) in [5.41, 5.74) is 0.633. The normalized spacial score (nSPS) is 29.3. The van der Waals surface area contributed by atoms with Crippen LogP contribution in [0.4, 0.5) is 0 Å². The van der Waals surface area contributed by atoms with Gasteiger partial charge in [0.2, 0.25) is 0 Å². The number of aldehydes is 1. The quantitative estimate of drug-likeness (QED) is 0.766. The highest BCUT2D eigenvalue weighted by Gasteiger charge is 2.41. The van der Waals surface area contributed by atoms with Crippen LogP contribution in [0.3, 0.4) is 0 Å². The number of ether oxygens (including phenoxy) is 2. The van der Waals surface area contributed by atoms with Crippen LogP contribution in [-0.4, -0.2) is 19.5 Å². The smallest absolute Gasteiger partial charge is 0.162 e. The molecule has 2 unspecified atom stereocenters. The summed E-state index contributed by atoms with van der Waals surface area (Å²) in [5.74, 6) is 2.96. The number of hydrogen-bond donors (Lipinski definition) is 0. The average Bonchev–Trinajstić information content (AvgIpc) is 3.01. The predicted octanol–water partition coefficient (Wildman–Crippen LogP) is 3.08. The molecule has 0 heterocycles. The summed E-state index contributed by atoms with van der Waals surface area (Å²) in [6.07, 6.45) is 6.24. The Hall–Kier alpha value is -1.51. The molecule has 2 bridgehead atoms. The van der Waals surface area contributed by atoms with Crippen LogP contribution in [0.2, 0.25) is 0 Å². The molecule has 1 aromatic rings. The lowest BCUT2D eigenvalue weighted by Gasteiger charge is -2.24. The lowest BCUT2D eigenvalue weighted by atomic mass is 9.97. The number of carbonyl (C=O) groups excluding carboxylic acids is 1. The molecule has 0 saturated heterocycles. The molecule has 3 nitrogen and oxygen atoms in total. The van der Waals surface area contributed by atoms with Crippen LogP contribution in [0, 0.1) is 11.8 Å². The van der Waals surface area contributed by atoms with E-state index in [1.807, 2.05) is 0 Å². The Balaban J connectivity index is 1.80. The monoisotopic (exact) mass is 246 g/mol. The van der Waals surface area contributed by atoms with E-state index in [0.717, 1.165) is 18.6 Å². The number of benzene rings is 1. The van der Waals surface area contributed by atoms with Crippen LogP contribution in [0.5, 0.6) is 11.5 Å². The number of fused-ring (bicyclic) bond motifs is 2. The fraction of sp³-hybridized carbons (Fsp3) is 0.533. The predicted molar refractivity (Wildman–Crippen MR) is 68.2 cm³/mol. The summed E-state index contributed by atoms with van der Waals surface area (Å²) < 4.78 is 11.4. The molecule has 0 radical (unpaired) electrons. The van der Waals surface area contributed by atoms with Crippen molar-refractivity contribution >= 4 is 6.29 Å². The molecule has 1 aromatic carbocycles. The van der Waals surface area contributed by atoms with Gasteiger partial charge in [0.05, 0.1) is 7.11 Å². The van der Waals surface area contributed by atoms with Crippen molar-refractivity contribution in [3.8, 4) is 11.5 Å². The average molecular weight is 246 g/mol. The second-order valence-corrected chi connectivity index (χ2v) is 5.36. The maximum absolute atomic E-state index is 10.8. The van der Waals surface area contributed by atoms with Gasteiger partial charge in [0.15, 0.2) is 11.5 Å². The zero-order valence-electron chi connectivity index (χ0n) is 10.6. The SMILES string of the molecule is COc1ccc(C=O)cc1O[C@H]1CC2CCC1C2. The molecular formula is C15H18O3. The molecule has 0 amide bonds. The summed E-state index contributed by atoms with van der Waals surface area (Å²) in [7, 11) is 1.63. The van der Waals surface area contributed by atoms with Gasteiger partial charge in [-0.2, -0.15) is 0 Å². The van der Waals surface area contributed by atoms with Crippen molar-refractivity contribution in [2.24, 2.45) is 11.8 Å². The van der Waals surface area contributed by atoms with Gasteiger partial charge in [0.25, 0.3) is 0 Å². The van der Waals surface area contributed by atoms with Crippen molar-refractivity contribution in [2.45, 2.75) is 31.8 Å². The highest BCUT2D eigenvalue weighted by Crippen LogP contribution is 2.46. The van der Waals surface area contributed by atoms with Crippen LogP contribution in [-0.2, 0) is 0 Å². The molecule has 2 aliphatic rings. The standard InChI is InChI=1S/C15H18O3/c1-17-13-5-3-11(9-16)8-15(13)18-14-7-10-2-4-12(14)6-10/h3,5,8-10,12,14H,2,4,6-7H2,1H3/t10?,12?,14-/m0/s1. The number of rotatable bonds is 4. The van der Waals surface area contributed by atoms with Gasteiger partial charge in [-0.25, -0.2) is 0 Å². The topological polar surface area (TPSA) is 35.5 Å². The van der Waals surface area contributed by atoms with Gasteiger partial charge in [-0.1, -0.05) is 0 Å². The van der Waals surface area contributed by atoms with Crippen LogP contribution < -0.4 is 9.47 Å². The van der Waals surface area contributed by atoms with Crippen molar-refractivity contribution < 1.29 is 14.3 Å². The van der Waals surface area contributed by atoms with Crippen molar-refractivity contribution in [1.82, 2.24) is 0 Å². The molecule has 0 spiro atoms. The largest absolute Gasteiger partial charge is 0.493 e. The van der Waals surface area contributed by atoms with Gasteiger partial charge in [-0.15, -0.1) is 0 Å². The van der Waals surface area contributed by atoms with Crippen LogP contribution >= 0.6 is 0 Å². The summed E-state index contributed by atoms with van der Waals surface area (Å²) in [6, 6.07) is 5.32. The van der Waals surface area contributed by atoms with E-state index < -0.39 is 0 Å². The van der Waals surface area contributed by atoms with Crippen molar-refractivity contribution in [1.29, 1.82) is 0 Å². The molecule has 3 heteroatoms. The summed E-state index contributed by atoms with van der Waals surface area (Å²) in [5, 5.41) is 0. The Labute approximate surface area is 107 Å². The van der Waals surface area contributed by atoms with E-state index in [-0.39, 0.29) is 0 Å². The van der Waals surface area contributed by atoms with Crippen LogP contribution in [0.15, 0.2) is 18.2 Å². The highest BCUT2D eigenvalue weighted by atomic mass is 16.5. The summed E-state index contributed by atoms with van der Waals surface area (Å²) in [4.78, 5) is 10.8. The minimum Gasteiger partial charge on any atom is -0.493 e. The molecule has 0 aliphatic heterocycles. The van der Waals surface area contributed by atoms with E-state index >= 15 is 0 Å². The van der Waals surface area contributed by atoms with Gasteiger partial charge in [0, 0.05) is 5.56 Å². The fourth-order valence-electron chi connectivity index (χ4n) is 3.35. The minimum absolute atomic E-state index is 0.305. The Kier molecular flexibility index (Phi) is 2.98. The Bertz CT molecular complexity index is 455. The van der Waals surface area contributed by atoms with Gasteiger partial charge >= 0.3 is 0 Å². The lowest BCUT2D eigenvalue weighted by molar-refractivity contribution is 0.112. The van der Waals surface area contributed by atoms with E-state index in [1.54, 1.807) is 25.3 Å². The van der Waals surface area contributed by atoms with E-state index in [4.69, 9.17) is 9.47 Å². The van der Waals surface area contributed by atoms with Gasteiger partial charge < -0.3 is 9.47 Å². The van der Waals surface area contributed by atoms with E-state index in [9.17, 15) is 4.79 Å². The summed E-state index contributed by atoms with van der Waals surface area (Å²) in [6.45, 7) is 0. The van der Waals surface area contributed by atoms with Crippen LogP contribution in [0.1, 0.15) is 36.0 Å². The van der Waals surface area contributed by atoms with E-state index in [0.29, 0.717) is 29.1 Å². The van der Waals surface area contributed by atoms with E-state index in [2.05, 4.69) is 0 Å². The third-order valence-corrected chi connectivity index (χ3v) is 4.28. The maximum atomic E-state index is 10.8. The highest BCUT2D eigenvalue weighted by molar-refractivity contribution is 5.76. The Morgan fingerprint density at radius 3 is 2.72 bits per heavy atom. The third-order valence-electron chi connectivity index (χ3n) is 4.28. The molecule has 3 rings (SSSR count). The first-order valence-electron chi connectivity index (χ1n) is 6.60. The molecule has 2 fully saturated rings. The minimum atomic E-state index is 0.305. The molecule has 2 saturated carbocycles. The van der Waals surface area contributed by atoms with Gasteiger partial charge in [-0.3, -0.25) is 4.79 Å². The Morgan fingerprint density at radius 2 is 2.11 bits per heavy atom. The van der Waals surface area contributed by atoms with Gasteiger partial charge in [0.1, 0.15) is 12.4 Å². The second-order valence-electron chi connectivity index (χ2n) is 5.36. The molecular weight excluding hydrogens is 228 g/mol. The van der Waals surface area contributed by atoms with Crippen LogP contribution in [0.25, 0.3) is 0 Å². The lowest BCUT2D eigenvalue weighted by Crippen LogP contribution is -2.23. The molecule has 18 heavy (non-hydrogen) atoms. The first kappa shape index (κ1) is 11.6. The Morgan fingerprint density at radius 1 is 1.22 bits per heavy atom. The fourth-order valence-corrected chi connectivity index (χ4v) is 3.35. The molecule has 0 N–H and O–H groups in total. The molecule has 0 aromatic heterocycles. The second kappa shape index (κ2) is 4.63. The van der Waals surface area contributed by atoms with Crippen molar-refractivity contribution in [3.05, 3.63) is 23.8 Å². The number of hydrogen-bond acceptors (Lipinski definition) is 3. The number of carbonyl (C=O) groups is 1. The zero-order valence-corrected chi connectivity index (χ0v) is 10.6. The van der Waals surface area contributed by atoms with Crippen molar-refractivity contribution in [3.63, 3.8) is 0 Å². The zero-order chi connectivity index (χ0) is 12.5. The first-order valence-corrected chi connectivity index (χ1v) is 6.60. The maximum Gasteiger partial charge on any atom is 0.162 e. The molecule has 96 valence electrons. The third kappa shape index (κ3) is 1.98. The first-order chi connectivity index (χ1) is 8.80. The molecule has 3 atom stereocenters. The summed E-state index contributed by atoms with van der Waals surface area (Å²) >= 11 is 0. The van der Waals surface area contributed by atoms with Gasteiger partial charge in [-0.05, 0) is 55.7 Å².